The van der Waals surface area contributed by atoms with Gasteiger partial charge in [0.15, 0.2) is 11.1 Å². The molecule has 0 amide bonds. The maximum absolute atomic E-state index is 12.0. The van der Waals surface area contributed by atoms with Gasteiger partial charge >= 0.3 is 11.9 Å². The lowest BCUT2D eigenvalue weighted by atomic mass is 10.3. The topological polar surface area (TPSA) is 78.4 Å². The van der Waals surface area contributed by atoms with Gasteiger partial charge in [0.1, 0.15) is 0 Å². The highest BCUT2D eigenvalue weighted by molar-refractivity contribution is 8.00. The molecule has 1 aromatic carbocycles. The van der Waals surface area contributed by atoms with Gasteiger partial charge in [-0.25, -0.2) is 14.8 Å². The predicted octanol–water partition coefficient (Wildman–Crippen LogP) is 2.66. The van der Waals surface area contributed by atoms with Crippen LogP contribution in [0.15, 0.2) is 47.6 Å². The van der Waals surface area contributed by atoms with Crippen LogP contribution in [-0.4, -0.2) is 35.6 Å². The molecule has 7 heteroatoms. The summed E-state index contributed by atoms with van der Waals surface area (Å²) in [7, 11) is 1.31. The van der Waals surface area contributed by atoms with Crippen molar-refractivity contribution in [3.8, 4) is 0 Å². The Morgan fingerprint density at radius 3 is 2.39 bits per heavy atom. The Balaban J connectivity index is 2.22. The largest absolute Gasteiger partial charge is 0.468 e. The lowest BCUT2D eigenvalue weighted by Crippen LogP contribution is -2.15. The van der Waals surface area contributed by atoms with Crippen molar-refractivity contribution in [2.45, 2.75) is 17.1 Å². The molecular weight excluding hydrogens is 316 g/mol. The highest BCUT2D eigenvalue weighted by atomic mass is 32.2. The van der Waals surface area contributed by atoms with E-state index in [-0.39, 0.29) is 18.0 Å². The van der Waals surface area contributed by atoms with Crippen LogP contribution in [0.4, 0.5) is 0 Å². The number of hydrogen-bond acceptors (Lipinski definition) is 7. The Morgan fingerprint density at radius 1 is 1.17 bits per heavy atom. The third-order valence-electron chi connectivity index (χ3n) is 2.83. The van der Waals surface area contributed by atoms with E-state index in [2.05, 4.69) is 9.97 Å². The fraction of sp³-hybridized carbons (Fsp3) is 0.250. The Labute approximate surface area is 138 Å². The third-order valence-corrected chi connectivity index (χ3v) is 4.01. The number of rotatable bonds is 6. The number of aromatic nitrogens is 2. The van der Waals surface area contributed by atoms with E-state index in [0.29, 0.717) is 0 Å². The SMILES string of the molecule is CCOC(=O)c1cnc(C(Sc2ccccc2)C(=O)OC)nc1. The summed E-state index contributed by atoms with van der Waals surface area (Å²) in [6, 6.07) is 9.41. The van der Waals surface area contributed by atoms with Crippen LogP contribution < -0.4 is 0 Å². The average molecular weight is 332 g/mol. The lowest BCUT2D eigenvalue weighted by molar-refractivity contribution is -0.140. The quantitative estimate of drug-likeness (QED) is 0.594. The van der Waals surface area contributed by atoms with Crippen molar-refractivity contribution >= 4 is 23.7 Å². The van der Waals surface area contributed by atoms with Crippen molar-refractivity contribution < 1.29 is 19.1 Å². The summed E-state index contributed by atoms with van der Waals surface area (Å²) in [5.41, 5.74) is 0.240. The standard InChI is InChI=1S/C16H16N2O4S/c1-3-22-15(19)11-9-17-14(18-10-11)13(16(20)21-2)23-12-7-5-4-6-8-12/h4-10,13H,3H2,1-2H3. The maximum atomic E-state index is 12.0. The Kier molecular flexibility index (Phi) is 6.10. The second-order valence-electron chi connectivity index (χ2n) is 4.38. The van der Waals surface area contributed by atoms with Gasteiger partial charge in [-0.15, -0.1) is 11.8 Å². The summed E-state index contributed by atoms with van der Waals surface area (Å²) < 4.78 is 9.70. The van der Waals surface area contributed by atoms with E-state index in [1.807, 2.05) is 30.3 Å². The molecule has 2 aromatic rings. The smallest absolute Gasteiger partial charge is 0.341 e. The second kappa shape index (κ2) is 8.28. The monoisotopic (exact) mass is 332 g/mol. The van der Waals surface area contributed by atoms with E-state index in [0.717, 1.165) is 4.90 Å². The van der Waals surface area contributed by atoms with Gasteiger partial charge in [0.2, 0.25) is 0 Å². The molecule has 0 N–H and O–H groups in total. The Morgan fingerprint density at radius 2 is 1.83 bits per heavy atom. The zero-order valence-electron chi connectivity index (χ0n) is 12.8. The van der Waals surface area contributed by atoms with Gasteiger partial charge in [0.05, 0.1) is 19.3 Å². The van der Waals surface area contributed by atoms with E-state index in [1.54, 1.807) is 6.92 Å². The molecule has 0 saturated carbocycles. The van der Waals surface area contributed by atoms with Crippen LogP contribution in [0, 0.1) is 0 Å². The molecule has 1 heterocycles. The van der Waals surface area contributed by atoms with Gasteiger partial charge in [0.25, 0.3) is 0 Å². The summed E-state index contributed by atoms with van der Waals surface area (Å²) in [5, 5.41) is -0.710. The number of carbonyl (C=O) groups excluding carboxylic acids is 2. The molecule has 23 heavy (non-hydrogen) atoms. The molecule has 2 rings (SSSR count). The van der Waals surface area contributed by atoms with E-state index in [9.17, 15) is 9.59 Å². The number of methoxy groups -OCH3 is 1. The molecule has 0 aliphatic carbocycles. The minimum atomic E-state index is -0.710. The number of carbonyl (C=O) groups is 2. The maximum Gasteiger partial charge on any atom is 0.341 e. The minimum absolute atomic E-state index is 0.240. The van der Waals surface area contributed by atoms with Crippen LogP contribution in [0.2, 0.25) is 0 Å². The Hall–Kier alpha value is -2.41. The highest BCUT2D eigenvalue weighted by Gasteiger charge is 2.26. The number of hydrogen-bond donors (Lipinski definition) is 0. The van der Waals surface area contributed by atoms with E-state index in [1.165, 1.54) is 31.3 Å². The first-order valence-corrected chi connectivity index (χ1v) is 7.82. The summed E-state index contributed by atoms with van der Waals surface area (Å²) >= 11 is 1.28. The molecule has 0 radical (unpaired) electrons. The van der Waals surface area contributed by atoms with Crippen molar-refractivity contribution in [2.24, 2.45) is 0 Å². The minimum Gasteiger partial charge on any atom is -0.468 e. The molecule has 6 nitrogen and oxygen atoms in total. The molecule has 0 bridgehead atoms. The molecule has 0 aliphatic heterocycles. The zero-order chi connectivity index (χ0) is 16.7. The van der Waals surface area contributed by atoms with Crippen molar-refractivity contribution in [1.29, 1.82) is 0 Å². The van der Waals surface area contributed by atoms with Crippen molar-refractivity contribution in [2.75, 3.05) is 13.7 Å². The molecule has 120 valence electrons. The van der Waals surface area contributed by atoms with Crippen molar-refractivity contribution in [3.63, 3.8) is 0 Å². The fourth-order valence-corrected chi connectivity index (χ4v) is 2.75. The van der Waals surface area contributed by atoms with Crippen molar-refractivity contribution in [1.82, 2.24) is 9.97 Å². The number of ether oxygens (including phenoxy) is 2. The van der Waals surface area contributed by atoms with Gasteiger partial charge in [-0.1, -0.05) is 18.2 Å². The second-order valence-corrected chi connectivity index (χ2v) is 5.56. The van der Waals surface area contributed by atoms with Gasteiger partial charge in [-0.3, -0.25) is 4.79 Å². The van der Waals surface area contributed by atoms with Crippen LogP contribution in [-0.2, 0) is 14.3 Å². The molecule has 0 saturated heterocycles. The van der Waals surface area contributed by atoms with E-state index in [4.69, 9.17) is 9.47 Å². The summed E-state index contributed by atoms with van der Waals surface area (Å²) in [6.45, 7) is 1.99. The van der Waals surface area contributed by atoms with Crippen LogP contribution >= 0.6 is 11.8 Å². The fourth-order valence-electron chi connectivity index (χ4n) is 1.74. The molecule has 1 atom stereocenters. The lowest BCUT2D eigenvalue weighted by Gasteiger charge is -2.13. The zero-order valence-corrected chi connectivity index (χ0v) is 13.6. The van der Waals surface area contributed by atoms with Crippen LogP contribution in [0.1, 0.15) is 28.4 Å². The van der Waals surface area contributed by atoms with Gasteiger partial charge in [0, 0.05) is 17.3 Å². The van der Waals surface area contributed by atoms with Gasteiger partial charge < -0.3 is 9.47 Å². The number of esters is 2. The number of nitrogens with zero attached hydrogens (tertiary/aromatic N) is 2. The summed E-state index contributed by atoms with van der Waals surface area (Å²) in [5.74, 6) is -0.675. The average Bonchev–Trinajstić information content (AvgIpc) is 2.60. The first-order valence-electron chi connectivity index (χ1n) is 6.94. The molecule has 0 fully saturated rings. The molecule has 0 spiro atoms. The molecule has 1 unspecified atom stereocenters. The summed E-state index contributed by atoms with van der Waals surface area (Å²) in [6.07, 6.45) is 2.70. The number of benzene rings is 1. The predicted molar refractivity (Wildman–Crippen MR) is 85.0 cm³/mol. The third kappa shape index (κ3) is 4.53. The Bertz CT molecular complexity index is 662. The van der Waals surface area contributed by atoms with Crippen molar-refractivity contribution in [3.05, 3.63) is 54.1 Å². The normalized spacial score (nSPS) is 11.6. The van der Waals surface area contributed by atoms with Crippen LogP contribution in [0.5, 0.6) is 0 Å². The number of thioether (sulfide) groups is 1. The van der Waals surface area contributed by atoms with E-state index < -0.39 is 17.2 Å². The molecular formula is C16H16N2O4S. The summed E-state index contributed by atoms with van der Waals surface area (Å²) in [4.78, 5) is 32.7. The van der Waals surface area contributed by atoms with Crippen LogP contribution in [0.25, 0.3) is 0 Å². The first kappa shape index (κ1) is 17.0. The van der Waals surface area contributed by atoms with E-state index >= 15 is 0 Å². The van der Waals surface area contributed by atoms with Crippen LogP contribution in [0.3, 0.4) is 0 Å². The molecule has 0 aliphatic rings. The van der Waals surface area contributed by atoms with Gasteiger partial charge in [-0.2, -0.15) is 0 Å². The van der Waals surface area contributed by atoms with Gasteiger partial charge in [-0.05, 0) is 19.1 Å². The highest BCUT2D eigenvalue weighted by Crippen LogP contribution is 2.34. The first-order chi connectivity index (χ1) is 11.2. The molecule has 1 aromatic heterocycles.